The summed E-state index contributed by atoms with van der Waals surface area (Å²) in [7, 11) is 0. The molecule has 0 bridgehead atoms. The molecule has 2 heterocycles. The third kappa shape index (κ3) is 1.44. The van der Waals surface area contributed by atoms with Crippen molar-refractivity contribution in [3.63, 3.8) is 0 Å². The lowest BCUT2D eigenvalue weighted by atomic mass is 10.0. The van der Waals surface area contributed by atoms with Crippen molar-refractivity contribution in [2.75, 3.05) is 0 Å². The van der Waals surface area contributed by atoms with Crippen molar-refractivity contribution in [2.24, 2.45) is 4.99 Å². The number of nitrogens with zero attached hydrogens (tertiary/aromatic N) is 1. The van der Waals surface area contributed by atoms with Gasteiger partial charge in [0.15, 0.2) is 0 Å². The highest BCUT2D eigenvalue weighted by Crippen LogP contribution is 2.35. The van der Waals surface area contributed by atoms with Crippen LogP contribution < -0.4 is 5.32 Å². The Hall–Kier alpha value is -1.61. The molecular formula is C13H12N2S. The van der Waals surface area contributed by atoms with Crippen LogP contribution in [0.25, 0.3) is 10.1 Å². The first kappa shape index (κ1) is 9.60. The lowest BCUT2D eigenvalue weighted by molar-refractivity contribution is 0.795. The van der Waals surface area contributed by atoms with E-state index >= 15 is 0 Å². The van der Waals surface area contributed by atoms with Crippen molar-refractivity contribution < 1.29 is 0 Å². The second-order valence-corrected chi connectivity index (χ2v) is 5.09. The molecule has 0 saturated carbocycles. The zero-order valence-electron chi connectivity index (χ0n) is 8.97. The van der Waals surface area contributed by atoms with E-state index < -0.39 is 0 Å². The van der Waals surface area contributed by atoms with E-state index in [2.05, 4.69) is 47.6 Å². The average molecular weight is 228 g/mol. The molecule has 1 atom stereocenters. The predicted octanol–water partition coefficient (Wildman–Crippen LogP) is 3.40. The number of fused-ring (bicyclic) bond motifs is 1. The maximum Gasteiger partial charge on any atom is 0.0886 e. The van der Waals surface area contributed by atoms with E-state index in [1.165, 1.54) is 20.5 Å². The fourth-order valence-corrected chi connectivity index (χ4v) is 3.22. The average Bonchev–Trinajstić information content (AvgIpc) is 2.66. The van der Waals surface area contributed by atoms with Crippen molar-refractivity contribution in [3.8, 4) is 0 Å². The first-order valence-corrected chi connectivity index (χ1v) is 6.10. The summed E-state index contributed by atoms with van der Waals surface area (Å²) in [5.74, 6) is 0. The molecule has 1 aliphatic heterocycles. The number of aliphatic imine (C=N–C) groups is 1. The summed E-state index contributed by atoms with van der Waals surface area (Å²) in [6.45, 7) is 2.18. The van der Waals surface area contributed by atoms with Gasteiger partial charge in [0, 0.05) is 15.8 Å². The largest absolute Gasteiger partial charge is 0.366 e. The molecule has 1 aliphatic rings. The molecule has 1 aromatic carbocycles. The molecule has 2 aromatic rings. The second kappa shape index (κ2) is 3.76. The van der Waals surface area contributed by atoms with Crippen LogP contribution in [-0.2, 0) is 0 Å². The molecule has 3 heteroatoms. The molecular weight excluding hydrogens is 216 g/mol. The highest BCUT2D eigenvalue weighted by molar-refractivity contribution is 7.19. The van der Waals surface area contributed by atoms with Crippen LogP contribution in [0.3, 0.4) is 0 Å². The van der Waals surface area contributed by atoms with E-state index in [1.807, 2.05) is 17.5 Å². The SMILES string of the molecule is Cc1sc2ccccc2c1[C@H]1C=CN=CN1. The van der Waals surface area contributed by atoms with Crippen molar-refractivity contribution in [2.45, 2.75) is 13.0 Å². The highest BCUT2D eigenvalue weighted by Gasteiger charge is 2.16. The molecule has 80 valence electrons. The molecule has 0 saturated heterocycles. The van der Waals surface area contributed by atoms with Gasteiger partial charge in [0.2, 0.25) is 0 Å². The number of hydrogen-bond acceptors (Lipinski definition) is 3. The maximum absolute atomic E-state index is 4.03. The third-order valence-electron chi connectivity index (χ3n) is 2.82. The van der Waals surface area contributed by atoms with Gasteiger partial charge in [-0.1, -0.05) is 18.2 Å². The lowest BCUT2D eigenvalue weighted by Gasteiger charge is -2.15. The Morgan fingerprint density at radius 3 is 3.00 bits per heavy atom. The van der Waals surface area contributed by atoms with E-state index in [0.29, 0.717) is 0 Å². The van der Waals surface area contributed by atoms with Gasteiger partial charge >= 0.3 is 0 Å². The Morgan fingerprint density at radius 1 is 1.31 bits per heavy atom. The van der Waals surface area contributed by atoms with E-state index in [-0.39, 0.29) is 6.04 Å². The Morgan fingerprint density at radius 2 is 2.19 bits per heavy atom. The summed E-state index contributed by atoms with van der Waals surface area (Å²) >= 11 is 1.85. The standard InChI is InChI=1S/C13H12N2S/c1-9-13(11-6-7-14-8-15-11)10-4-2-3-5-12(10)16-9/h2-8,11H,1H3,(H,14,15)/t11-/m1/s1. The van der Waals surface area contributed by atoms with Crippen LogP contribution >= 0.6 is 11.3 Å². The topological polar surface area (TPSA) is 24.4 Å². The zero-order chi connectivity index (χ0) is 11.0. The van der Waals surface area contributed by atoms with E-state index in [4.69, 9.17) is 0 Å². The molecule has 1 N–H and O–H groups in total. The van der Waals surface area contributed by atoms with Gasteiger partial charge in [-0.05, 0) is 30.0 Å². The van der Waals surface area contributed by atoms with Gasteiger partial charge in [0.1, 0.15) is 0 Å². The fourth-order valence-electron chi connectivity index (χ4n) is 2.11. The molecule has 0 amide bonds. The normalized spacial score (nSPS) is 18.9. The quantitative estimate of drug-likeness (QED) is 0.795. The Balaban J connectivity index is 2.18. The van der Waals surface area contributed by atoms with Gasteiger partial charge < -0.3 is 5.32 Å². The molecule has 0 fully saturated rings. The molecule has 1 aromatic heterocycles. The fraction of sp³-hybridized carbons (Fsp3) is 0.154. The number of rotatable bonds is 1. The van der Waals surface area contributed by atoms with Crippen LogP contribution in [-0.4, -0.2) is 6.34 Å². The van der Waals surface area contributed by atoms with Crippen molar-refractivity contribution >= 4 is 27.8 Å². The monoisotopic (exact) mass is 228 g/mol. The summed E-state index contributed by atoms with van der Waals surface area (Å²) in [5, 5.41) is 4.63. The minimum absolute atomic E-state index is 0.258. The van der Waals surface area contributed by atoms with Crippen LogP contribution in [0.15, 0.2) is 41.5 Å². The summed E-state index contributed by atoms with van der Waals surface area (Å²) < 4.78 is 1.35. The number of hydrogen-bond donors (Lipinski definition) is 1. The molecule has 0 unspecified atom stereocenters. The van der Waals surface area contributed by atoms with Gasteiger partial charge in [-0.15, -0.1) is 11.3 Å². The smallest absolute Gasteiger partial charge is 0.0886 e. The highest BCUT2D eigenvalue weighted by atomic mass is 32.1. The second-order valence-electron chi connectivity index (χ2n) is 3.83. The van der Waals surface area contributed by atoms with Gasteiger partial charge in [-0.2, -0.15) is 0 Å². The van der Waals surface area contributed by atoms with Crippen molar-refractivity contribution in [1.29, 1.82) is 0 Å². The minimum atomic E-state index is 0.258. The van der Waals surface area contributed by atoms with E-state index in [9.17, 15) is 0 Å². The Labute approximate surface area is 98.3 Å². The zero-order valence-corrected chi connectivity index (χ0v) is 9.79. The summed E-state index contributed by atoms with van der Waals surface area (Å²) in [5.41, 5.74) is 1.38. The van der Waals surface area contributed by atoms with E-state index in [1.54, 1.807) is 6.34 Å². The van der Waals surface area contributed by atoms with Gasteiger partial charge in [-0.25, -0.2) is 4.99 Å². The molecule has 0 radical (unpaired) electrons. The summed E-state index contributed by atoms with van der Waals surface area (Å²) in [6.07, 6.45) is 5.71. The first-order valence-electron chi connectivity index (χ1n) is 5.28. The van der Waals surface area contributed by atoms with E-state index in [0.717, 1.165) is 0 Å². The summed E-state index contributed by atoms with van der Waals surface area (Å²) in [4.78, 5) is 5.41. The number of aryl methyl sites for hydroxylation is 1. The number of nitrogens with one attached hydrogen (secondary N) is 1. The van der Waals surface area contributed by atoms with Crippen LogP contribution in [0.1, 0.15) is 16.5 Å². The van der Waals surface area contributed by atoms with Gasteiger partial charge in [0.05, 0.1) is 12.4 Å². The van der Waals surface area contributed by atoms with Crippen LogP contribution in [0, 0.1) is 6.92 Å². The first-order chi connectivity index (χ1) is 7.86. The third-order valence-corrected chi connectivity index (χ3v) is 3.93. The molecule has 2 nitrogen and oxygen atoms in total. The summed E-state index contributed by atoms with van der Waals surface area (Å²) in [6, 6.07) is 8.81. The molecule has 3 rings (SSSR count). The molecule has 0 aliphatic carbocycles. The Bertz CT molecular complexity index is 581. The minimum Gasteiger partial charge on any atom is -0.366 e. The maximum atomic E-state index is 4.03. The van der Waals surface area contributed by atoms with Gasteiger partial charge in [-0.3, -0.25) is 0 Å². The van der Waals surface area contributed by atoms with Crippen LogP contribution in [0.2, 0.25) is 0 Å². The van der Waals surface area contributed by atoms with Gasteiger partial charge in [0.25, 0.3) is 0 Å². The van der Waals surface area contributed by atoms with Crippen LogP contribution in [0.5, 0.6) is 0 Å². The molecule has 16 heavy (non-hydrogen) atoms. The van der Waals surface area contributed by atoms with Crippen molar-refractivity contribution in [1.82, 2.24) is 5.32 Å². The van der Waals surface area contributed by atoms with Crippen molar-refractivity contribution in [3.05, 3.63) is 47.0 Å². The Kier molecular flexibility index (Phi) is 2.26. The molecule has 0 spiro atoms. The lowest BCUT2D eigenvalue weighted by Crippen LogP contribution is -2.19. The number of thiophene rings is 1. The number of benzene rings is 1. The predicted molar refractivity (Wildman–Crippen MR) is 70.1 cm³/mol. The van der Waals surface area contributed by atoms with Crippen LogP contribution in [0.4, 0.5) is 0 Å².